The largest absolute Gasteiger partial charge is 0.481 e. The van der Waals surface area contributed by atoms with Crippen molar-refractivity contribution < 1.29 is 32.4 Å². The van der Waals surface area contributed by atoms with E-state index in [1.807, 2.05) is 0 Å². The fourth-order valence-electron chi connectivity index (χ4n) is 2.26. The number of carboxylic acid groups (broad SMARTS) is 1. The van der Waals surface area contributed by atoms with E-state index in [1.54, 1.807) is 20.8 Å². The zero-order chi connectivity index (χ0) is 20.4. The van der Waals surface area contributed by atoms with Crippen molar-refractivity contribution in [2.45, 2.75) is 38.9 Å². The molecule has 0 aliphatic carbocycles. The van der Waals surface area contributed by atoms with Crippen LogP contribution in [-0.2, 0) is 11.0 Å². The first-order chi connectivity index (χ1) is 12.4. The summed E-state index contributed by atoms with van der Waals surface area (Å²) >= 11 is 0. The Bertz CT molecular complexity index is 831. The molecule has 0 spiro atoms. The second-order valence-electron chi connectivity index (χ2n) is 6.60. The minimum absolute atomic E-state index is 0.142. The molecule has 0 aliphatic heterocycles. The van der Waals surface area contributed by atoms with Crippen LogP contribution < -0.4 is 5.32 Å². The summed E-state index contributed by atoms with van der Waals surface area (Å²) in [6.07, 6.45) is -4.99. The van der Waals surface area contributed by atoms with Crippen LogP contribution in [-0.4, -0.2) is 32.7 Å². The molecule has 1 unspecified atom stereocenters. The van der Waals surface area contributed by atoms with E-state index in [2.05, 4.69) is 20.0 Å². The fourth-order valence-corrected chi connectivity index (χ4v) is 2.26. The molecule has 0 radical (unpaired) electrons. The Balaban J connectivity index is 2.18. The van der Waals surface area contributed by atoms with E-state index in [0.717, 1.165) is 0 Å². The predicted molar refractivity (Wildman–Crippen MR) is 87.7 cm³/mol. The van der Waals surface area contributed by atoms with Gasteiger partial charge in [-0.3, -0.25) is 9.59 Å². The first-order valence-corrected chi connectivity index (χ1v) is 7.98. The van der Waals surface area contributed by atoms with Crippen molar-refractivity contribution in [3.05, 3.63) is 35.7 Å². The number of hydrogen-bond donors (Lipinski definition) is 2. The minimum atomic E-state index is -4.74. The SMILES string of the molecule is CC(C)C(C)(CC(=O)O)NC(=O)c1ccc(-c2noc(C(F)(F)F)n2)cc1. The van der Waals surface area contributed by atoms with E-state index < -0.39 is 29.5 Å². The van der Waals surface area contributed by atoms with Gasteiger partial charge in [-0.05, 0) is 25.0 Å². The highest BCUT2D eigenvalue weighted by Crippen LogP contribution is 2.29. The van der Waals surface area contributed by atoms with Gasteiger partial charge in [0.2, 0.25) is 5.82 Å². The third-order valence-electron chi connectivity index (χ3n) is 4.27. The molecule has 10 heteroatoms. The van der Waals surface area contributed by atoms with Crippen LogP contribution in [0.4, 0.5) is 13.2 Å². The Morgan fingerprint density at radius 1 is 1.22 bits per heavy atom. The normalized spacial score (nSPS) is 14.0. The van der Waals surface area contributed by atoms with Crippen molar-refractivity contribution in [1.82, 2.24) is 15.5 Å². The molecule has 2 N–H and O–H groups in total. The molecule has 7 nitrogen and oxygen atoms in total. The van der Waals surface area contributed by atoms with Crippen molar-refractivity contribution in [1.29, 1.82) is 0 Å². The molecule has 1 atom stereocenters. The maximum atomic E-state index is 12.5. The summed E-state index contributed by atoms with van der Waals surface area (Å²) in [5.74, 6) is -3.40. The molecular weight excluding hydrogens is 367 g/mol. The van der Waals surface area contributed by atoms with Crippen molar-refractivity contribution in [2.75, 3.05) is 0 Å². The lowest BCUT2D eigenvalue weighted by Crippen LogP contribution is -2.51. The smallest absolute Gasteiger partial charge is 0.471 e. The van der Waals surface area contributed by atoms with Gasteiger partial charge in [0.1, 0.15) is 0 Å². The monoisotopic (exact) mass is 385 g/mol. The number of carbonyl (C=O) groups excluding carboxylic acids is 1. The number of hydrogen-bond acceptors (Lipinski definition) is 5. The van der Waals surface area contributed by atoms with Crippen LogP contribution in [0.2, 0.25) is 0 Å². The number of halogens is 3. The number of nitrogens with zero attached hydrogens (tertiary/aromatic N) is 2. The number of rotatable bonds is 6. The number of alkyl halides is 3. The molecule has 0 saturated heterocycles. The maximum absolute atomic E-state index is 12.5. The number of aromatic nitrogens is 2. The van der Waals surface area contributed by atoms with Crippen LogP contribution in [0.5, 0.6) is 0 Å². The average molecular weight is 385 g/mol. The predicted octanol–water partition coefficient (Wildman–Crippen LogP) is 3.37. The fraction of sp³-hybridized carbons (Fsp3) is 0.412. The molecule has 0 saturated carbocycles. The standard InChI is InChI=1S/C17H18F3N3O4/c1-9(2)16(3,8-12(24)25)22-14(26)11-6-4-10(5-7-11)13-21-15(27-23-13)17(18,19)20/h4-7,9H,8H2,1-3H3,(H,22,26)(H,24,25). The summed E-state index contributed by atoms with van der Waals surface area (Å²) in [6, 6.07) is 5.53. The van der Waals surface area contributed by atoms with Gasteiger partial charge in [-0.25, -0.2) is 0 Å². The van der Waals surface area contributed by atoms with E-state index in [-0.39, 0.29) is 29.3 Å². The Hall–Kier alpha value is -2.91. The highest BCUT2D eigenvalue weighted by molar-refractivity contribution is 5.95. The summed E-state index contributed by atoms with van der Waals surface area (Å²) < 4.78 is 41.7. The Labute approximate surface area is 152 Å². The Kier molecular flexibility index (Phi) is 5.57. The van der Waals surface area contributed by atoms with Gasteiger partial charge in [-0.1, -0.05) is 31.1 Å². The lowest BCUT2D eigenvalue weighted by Gasteiger charge is -2.33. The second kappa shape index (κ2) is 7.37. The number of amides is 1. The van der Waals surface area contributed by atoms with Gasteiger partial charge in [0, 0.05) is 11.1 Å². The van der Waals surface area contributed by atoms with Crippen LogP contribution in [0.15, 0.2) is 28.8 Å². The number of nitrogens with one attached hydrogen (secondary N) is 1. The van der Waals surface area contributed by atoms with Crippen LogP contribution in [0.3, 0.4) is 0 Å². The van der Waals surface area contributed by atoms with E-state index >= 15 is 0 Å². The summed E-state index contributed by atoms with van der Waals surface area (Å²) in [4.78, 5) is 26.8. The van der Waals surface area contributed by atoms with Crippen LogP contribution in [0, 0.1) is 5.92 Å². The van der Waals surface area contributed by atoms with Crippen molar-refractivity contribution in [3.63, 3.8) is 0 Å². The minimum Gasteiger partial charge on any atom is -0.481 e. The van der Waals surface area contributed by atoms with Gasteiger partial charge in [0.25, 0.3) is 5.91 Å². The van der Waals surface area contributed by atoms with Crippen LogP contribution in [0.25, 0.3) is 11.4 Å². The first kappa shape index (κ1) is 20.4. The molecule has 0 aliphatic rings. The van der Waals surface area contributed by atoms with E-state index in [9.17, 15) is 22.8 Å². The lowest BCUT2D eigenvalue weighted by atomic mass is 9.85. The molecule has 146 valence electrons. The maximum Gasteiger partial charge on any atom is 0.471 e. The molecule has 1 aromatic heterocycles. The van der Waals surface area contributed by atoms with E-state index in [4.69, 9.17) is 5.11 Å². The van der Waals surface area contributed by atoms with Gasteiger partial charge in [-0.2, -0.15) is 18.2 Å². The average Bonchev–Trinajstić information content (AvgIpc) is 3.04. The van der Waals surface area contributed by atoms with E-state index in [1.165, 1.54) is 24.3 Å². The molecule has 2 aromatic rings. The van der Waals surface area contributed by atoms with Gasteiger partial charge >= 0.3 is 18.0 Å². The molecule has 0 bridgehead atoms. The summed E-state index contributed by atoms with van der Waals surface area (Å²) in [7, 11) is 0. The van der Waals surface area contributed by atoms with Crippen molar-refractivity contribution >= 4 is 11.9 Å². The number of carbonyl (C=O) groups is 2. The summed E-state index contributed by atoms with van der Waals surface area (Å²) in [5, 5.41) is 15.0. The third-order valence-corrected chi connectivity index (χ3v) is 4.27. The zero-order valence-corrected chi connectivity index (χ0v) is 14.8. The van der Waals surface area contributed by atoms with E-state index in [0.29, 0.717) is 0 Å². The first-order valence-electron chi connectivity index (χ1n) is 7.98. The topological polar surface area (TPSA) is 105 Å². The van der Waals surface area contributed by atoms with Crippen molar-refractivity contribution in [2.24, 2.45) is 5.92 Å². The van der Waals surface area contributed by atoms with Gasteiger partial charge in [-0.15, -0.1) is 0 Å². The quantitative estimate of drug-likeness (QED) is 0.790. The second-order valence-corrected chi connectivity index (χ2v) is 6.60. The number of aliphatic carboxylic acids is 1. The lowest BCUT2D eigenvalue weighted by molar-refractivity contribution is -0.159. The Morgan fingerprint density at radius 3 is 2.26 bits per heavy atom. The number of carboxylic acids is 1. The Morgan fingerprint density at radius 2 is 1.81 bits per heavy atom. The summed E-state index contributed by atoms with van der Waals surface area (Å²) in [6.45, 7) is 5.22. The molecule has 27 heavy (non-hydrogen) atoms. The zero-order valence-electron chi connectivity index (χ0n) is 14.8. The third kappa shape index (κ3) is 4.83. The highest BCUT2D eigenvalue weighted by atomic mass is 19.4. The van der Waals surface area contributed by atoms with Crippen molar-refractivity contribution in [3.8, 4) is 11.4 Å². The van der Waals surface area contributed by atoms with Crippen LogP contribution >= 0.6 is 0 Å². The molecule has 1 heterocycles. The highest BCUT2D eigenvalue weighted by Gasteiger charge is 2.38. The summed E-state index contributed by atoms with van der Waals surface area (Å²) in [5.41, 5.74) is -0.504. The van der Waals surface area contributed by atoms with Gasteiger partial charge in [0.15, 0.2) is 0 Å². The molecule has 0 fully saturated rings. The molecule has 1 amide bonds. The van der Waals surface area contributed by atoms with Gasteiger partial charge in [0.05, 0.1) is 12.0 Å². The number of benzene rings is 1. The molecular formula is C17H18F3N3O4. The van der Waals surface area contributed by atoms with Crippen LogP contribution in [0.1, 0.15) is 43.4 Å². The molecule has 2 rings (SSSR count). The van der Waals surface area contributed by atoms with Gasteiger partial charge < -0.3 is 14.9 Å². The molecule has 1 aromatic carbocycles.